The Labute approximate surface area is 98.0 Å². The first-order chi connectivity index (χ1) is 7.67. The predicted octanol–water partition coefficient (Wildman–Crippen LogP) is 0.881. The fourth-order valence-electron chi connectivity index (χ4n) is 2.11. The van der Waals surface area contributed by atoms with E-state index in [0.29, 0.717) is 10.6 Å². The summed E-state index contributed by atoms with van der Waals surface area (Å²) in [7, 11) is 0. The number of carbonyl (C=O) groups is 1. The topological polar surface area (TPSA) is 75.1 Å². The third-order valence-electron chi connectivity index (χ3n) is 3.10. The fourth-order valence-corrected chi connectivity index (χ4v) is 2.66. The number of aliphatic hydroxyl groups excluding tert-OH is 1. The fraction of sp³-hybridized carbons (Fsp3) is 0.700. The Bertz CT molecular complexity index is 385. The van der Waals surface area contributed by atoms with Crippen molar-refractivity contribution in [3.63, 3.8) is 0 Å². The molecule has 0 spiro atoms. The molecule has 6 heteroatoms. The zero-order chi connectivity index (χ0) is 11.6. The molecule has 0 bridgehead atoms. The van der Waals surface area contributed by atoms with Crippen LogP contribution in [-0.4, -0.2) is 32.7 Å². The molecule has 5 nitrogen and oxygen atoms in total. The molecule has 0 saturated heterocycles. The van der Waals surface area contributed by atoms with Crippen LogP contribution >= 0.6 is 11.5 Å². The zero-order valence-electron chi connectivity index (χ0n) is 9.19. The van der Waals surface area contributed by atoms with Crippen molar-refractivity contribution < 1.29 is 9.90 Å². The van der Waals surface area contributed by atoms with E-state index in [4.69, 9.17) is 0 Å². The number of nitrogens with zero attached hydrogens (tertiary/aromatic N) is 2. The molecule has 1 aromatic heterocycles. The van der Waals surface area contributed by atoms with Crippen LogP contribution in [0.1, 0.15) is 41.0 Å². The lowest BCUT2D eigenvalue weighted by Crippen LogP contribution is -2.49. The highest BCUT2D eigenvalue weighted by atomic mass is 32.1. The summed E-state index contributed by atoms with van der Waals surface area (Å²) < 4.78 is 3.73. The first kappa shape index (κ1) is 11.5. The Morgan fingerprint density at radius 2 is 2.25 bits per heavy atom. The van der Waals surface area contributed by atoms with E-state index in [0.717, 1.165) is 37.2 Å². The van der Waals surface area contributed by atoms with Gasteiger partial charge in [-0.15, -0.1) is 5.10 Å². The van der Waals surface area contributed by atoms with Gasteiger partial charge in [-0.05, 0) is 31.3 Å². The average Bonchev–Trinajstić information content (AvgIpc) is 2.87. The van der Waals surface area contributed by atoms with Gasteiger partial charge in [0.05, 0.1) is 17.8 Å². The standard InChI is InChI=1S/C10H15N3O2S/c1-7-8(16-13-12-7)9(15)11-10(6-14)4-2-3-5-10/h14H,2-6H2,1H3,(H,11,15). The molecule has 88 valence electrons. The quantitative estimate of drug-likeness (QED) is 0.823. The lowest BCUT2D eigenvalue weighted by atomic mass is 9.99. The van der Waals surface area contributed by atoms with E-state index < -0.39 is 5.54 Å². The minimum absolute atomic E-state index is 0.00399. The SMILES string of the molecule is Cc1nnsc1C(=O)NC1(CO)CCCC1. The van der Waals surface area contributed by atoms with E-state index in [1.165, 1.54) is 0 Å². The molecule has 1 fully saturated rings. The Morgan fingerprint density at radius 3 is 2.75 bits per heavy atom. The molecule has 0 aromatic carbocycles. The minimum Gasteiger partial charge on any atom is -0.394 e. The Kier molecular flexibility index (Phi) is 3.20. The summed E-state index contributed by atoms with van der Waals surface area (Å²) in [6.45, 7) is 1.77. The Morgan fingerprint density at radius 1 is 1.56 bits per heavy atom. The summed E-state index contributed by atoms with van der Waals surface area (Å²) in [6.07, 6.45) is 3.81. The second kappa shape index (κ2) is 4.47. The maximum absolute atomic E-state index is 12.0. The number of rotatable bonds is 3. The van der Waals surface area contributed by atoms with Crippen LogP contribution in [0.15, 0.2) is 0 Å². The second-order valence-corrected chi connectivity index (χ2v) is 5.04. The number of nitrogens with one attached hydrogen (secondary N) is 1. The van der Waals surface area contributed by atoms with Gasteiger partial charge in [-0.25, -0.2) is 0 Å². The predicted molar refractivity (Wildman–Crippen MR) is 60.4 cm³/mol. The van der Waals surface area contributed by atoms with Crippen molar-refractivity contribution in [1.82, 2.24) is 14.9 Å². The van der Waals surface area contributed by atoms with Gasteiger partial charge in [-0.3, -0.25) is 4.79 Å². The third-order valence-corrected chi connectivity index (χ3v) is 3.93. The van der Waals surface area contributed by atoms with Crippen LogP contribution in [0.5, 0.6) is 0 Å². The normalized spacial score (nSPS) is 18.6. The van der Waals surface area contributed by atoms with Crippen LogP contribution < -0.4 is 5.32 Å². The monoisotopic (exact) mass is 241 g/mol. The molecule has 0 unspecified atom stereocenters. The zero-order valence-corrected chi connectivity index (χ0v) is 10.0. The highest BCUT2D eigenvalue weighted by Gasteiger charge is 2.35. The molecule has 2 rings (SSSR count). The van der Waals surface area contributed by atoms with Gasteiger partial charge in [0.1, 0.15) is 4.88 Å². The van der Waals surface area contributed by atoms with Gasteiger partial charge in [0, 0.05) is 0 Å². The lowest BCUT2D eigenvalue weighted by Gasteiger charge is -2.27. The number of carbonyl (C=O) groups excluding carboxylic acids is 1. The summed E-state index contributed by atoms with van der Waals surface area (Å²) in [4.78, 5) is 12.5. The van der Waals surface area contributed by atoms with Crippen molar-refractivity contribution in [2.45, 2.75) is 38.1 Å². The van der Waals surface area contributed by atoms with Crippen LogP contribution in [-0.2, 0) is 0 Å². The number of amides is 1. The Balaban J connectivity index is 2.09. The van der Waals surface area contributed by atoms with Crippen LogP contribution in [0.3, 0.4) is 0 Å². The number of aliphatic hydroxyl groups is 1. The molecular formula is C10H15N3O2S. The van der Waals surface area contributed by atoms with Crippen molar-refractivity contribution >= 4 is 17.4 Å². The van der Waals surface area contributed by atoms with E-state index in [1.54, 1.807) is 6.92 Å². The van der Waals surface area contributed by atoms with E-state index in [-0.39, 0.29) is 12.5 Å². The van der Waals surface area contributed by atoms with Gasteiger partial charge in [0.15, 0.2) is 0 Å². The lowest BCUT2D eigenvalue weighted by molar-refractivity contribution is 0.0842. The largest absolute Gasteiger partial charge is 0.394 e. The molecule has 1 aliphatic carbocycles. The van der Waals surface area contributed by atoms with Crippen molar-refractivity contribution in [2.75, 3.05) is 6.61 Å². The molecule has 1 aliphatic rings. The van der Waals surface area contributed by atoms with E-state index in [1.807, 2.05) is 0 Å². The van der Waals surface area contributed by atoms with Gasteiger partial charge >= 0.3 is 0 Å². The Hall–Kier alpha value is -1.01. The van der Waals surface area contributed by atoms with Gasteiger partial charge in [-0.2, -0.15) is 0 Å². The summed E-state index contributed by atoms with van der Waals surface area (Å²) in [6, 6.07) is 0. The van der Waals surface area contributed by atoms with Crippen molar-refractivity contribution in [2.24, 2.45) is 0 Å². The average molecular weight is 241 g/mol. The third kappa shape index (κ3) is 2.08. The number of hydrogen-bond acceptors (Lipinski definition) is 5. The van der Waals surface area contributed by atoms with E-state index >= 15 is 0 Å². The van der Waals surface area contributed by atoms with Crippen LogP contribution in [0.25, 0.3) is 0 Å². The summed E-state index contributed by atoms with van der Waals surface area (Å²) in [5, 5.41) is 16.1. The van der Waals surface area contributed by atoms with Crippen molar-refractivity contribution in [1.29, 1.82) is 0 Å². The molecule has 1 aromatic rings. The first-order valence-corrected chi connectivity index (χ1v) is 6.16. The molecule has 16 heavy (non-hydrogen) atoms. The second-order valence-electron chi connectivity index (χ2n) is 4.29. The molecular weight excluding hydrogens is 226 g/mol. The first-order valence-electron chi connectivity index (χ1n) is 5.39. The van der Waals surface area contributed by atoms with Crippen LogP contribution in [0.4, 0.5) is 0 Å². The number of aryl methyl sites for hydroxylation is 1. The van der Waals surface area contributed by atoms with Gasteiger partial charge in [-0.1, -0.05) is 17.3 Å². The number of hydrogen-bond donors (Lipinski definition) is 2. The molecule has 1 heterocycles. The summed E-state index contributed by atoms with van der Waals surface area (Å²) in [5.74, 6) is -0.163. The molecule has 2 N–H and O–H groups in total. The van der Waals surface area contributed by atoms with Gasteiger partial charge < -0.3 is 10.4 Å². The highest BCUT2D eigenvalue weighted by Crippen LogP contribution is 2.29. The minimum atomic E-state index is -0.423. The van der Waals surface area contributed by atoms with Gasteiger partial charge in [0.2, 0.25) is 0 Å². The van der Waals surface area contributed by atoms with Crippen molar-refractivity contribution in [3.05, 3.63) is 10.6 Å². The van der Waals surface area contributed by atoms with Crippen molar-refractivity contribution in [3.8, 4) is 0 Å². The van der Waals surface area contributed by atoms with Crippen LogP contribution in [0, 0.1) is 6.92 Å². The smallest absolute Gasteiger partial charge is 0.265 e. The molecule has 0 radical (unpaired) electrons. The van der Waals surface area contributed by atoms with E-state index in [9.17, 15) is 9.90 Å². The van der Waals surface area contributed by atoms with E-state index in [2.05, 4.69) is 14.9 Å². The molecule has 0 atom stereocenters. The maximum Gasteiger partial charge on any atom is 0.265 e. The summed E-state index contributed by atoms with van der Waals surface area (Å²) in [5.41, 5.74) is 0.224. The molecule has 1 saturated carbocycles. The molecule has 1 amide bonds. The maximum atomic E-state index is 12.0. The van der Waals surface area contributed by atoms with Gasteiger partial charge in [0.25, 0.3) is 5.91 Å². The highest BCUT2D eigenvalue weighted by molar-refractivity contribution is 7.08. The summed E-state index contributed by atoms with van der Waals surface area (Å²) >= 11 is 1.10. The number of aromatic nitrogens is 2. The van der Waals surface area contributed by atoms with Crippen LogP contribution in [0.2, 0.25) is 0 Å². The molecule has 0 aliphatic heterocycles.